The van der Waals surface area contributed by atoms with Crippen LogP contribution in [0.1, 0.15) is 11.4 Å². The minimum absolute atomic E-state index is 0.422. The molecule has 2 aromatic heterocycles. The molecule has 0 unspecified atom stereocenters. The van der Waals surface area contributed by atoms with E-state index < -0.39 is 0 Å². The molecule has 0 fully saturated rings. The molecule has 0 atom stereocenters. The van der Waals surface area contributed by atoms with Crippen molar-refractivity contribution in [3.05, 3.63) is 54.1 Å². The molecule has 0 spiro atoms. The monoisotopic (exact) mass is 272 g/mol. The average Bonchev–Trinajstić information content (AvgIpc) is 2.47. The average molecular weight is 272 g/mol. The fraction of sp³-hybridized carbons (Fsp3) is 0.0833. The highest BCUT2D eigenvalue weighted by Gasteiger charge is 1.95. The van der Waals surface area contributed by atoms with Gasteiger partial charge in [-0.05, 0) is 36.5 Å². The smallest absolute Gasteiger partial charge is 0.187 e. The van der Waals surface area contributed by atoms with Crippen molar-refractivity contribution in [2.24, 2.45) is 5.10 Å². The van der Waals surface area contributed by atoms with Crippen molar-refractivity contribution in [2.45, 2.75) is 6.54 Å². The molecule has 2 heterocycles. The quantitative estimate of drug-likeness (QED) is 0.489. The van der Waals surface area contributed by atoms with Gasteiger partial charge in [0.15, 0.2) is 5.11 Å². The molecule has 0 aliphatic heterocycles. The molecule has 0 radical (unpaired) electrons. The topological polar surface area (TPSA) is 75.1 Å². The molecule has 7 heteroatoms. The fourth-order valence-corrected chi connectivity index (χ4v) is 1.38. The molecule has 19 heavy (non-hydrogen) atoms. The van der Waals surface area contributed by atoms with Crippen LogP contribution in [-0.2, 0) is 6.54 Å². The normalized spacial score (nSPS) is 10.3. The van der Waals surface area contributed by atoms with E-state index in [2.05, 4.69) is 31.0 Å². The van der Waals surface area contributed by atoms with Crippen molar-refractivity contribution in [3.8, 4) is 0 Å². The number of pyridine rings is 1. The summed E-state index contributed by atoms with van der Waals surface area (Å²) in [6.07, 6.45) is 4.88. The lowest BCUT2D eigenvalue weighted by atomic mass is 10.3. The Hall–Kier alpha value is -2.41. The number of hydrogen-bond donors (Lipinski definition) is 2. The van der Waals surface area contributed by atoms with Gasteiger partial charge in [0.25, 0.3) is 0 Å². The van der Waals surface area contributed by atoms with Gasteiger partial charge in [0.05, 0.1) is 18.5 Å². The summed E-state index contributed by atoms with van der Waals surface area (Å²) >= 11 is 5.07. The van der Waals surface area contributed by atoms with Crippen LogP contribution in [0.2, 0.25) is 0 Å². The molecule has 0 aliphatic rings. The second kappa shape index (κ2) is 7.12. The van der Waals surface area contributed by atoms with Gasteiger partial charge in [0.2, 0.25) is 0 Å². The van der Waals surface area contributed by atoms with Gasteiger partial charge in [-0.3, -0.25) is 10.4 Å². The van der Waals surface area contributed by atoms with E-state index >= 15 is 0 Å². The summed E-state index contributed by atoms with van der Waals surface area (Å²) in [4.78, 5) is 4.17. The molecule has 0 bridgehead atoms. The van der Waals surface area contributed by atoms with Crippen molar-refractivity contribution < 1.29 is 0 Å². The number of thiocarbonyl (C=S) groups is 1. The zero-order valence-electron chi connectivity index (χ0n) is 10.0. The van der Waals surface area contributed by atoms with Crippen LogP contribution in [0.15, 0.2) is 47.8 Å². The molecule has 2 aromatic rings. The van der Waals surface area contributed by atoms with Gasteiger partial charge in [0.1, 0.15) is 5.69 Å². The first-order valence-electron chi connectivity index (χ1n) is 5.59. The summed E-state index contributed by atoms with van der Waals surface area (Å²) in [7, 11) is 0. The van der Waals surface area contributed by atoms with Crippen molar-refractivity contribution in [1.29, 1.82) is 0 Å². The molecule has 0 saturated heterocycles. The Morgan fingerprint density at radius 1 is 1.26 bits per heavy atom. The Labute approximate surface area is 116 Å². The molecule has 2 N–H and O–H groups in total. The summed E-state index contributed by atoms with van der Waals surface area (Å²) in [5.41, 5.74) is 4.26. The van der Waals surface area contributed by atoms with Crippen LogP contribution in [-0.4, -0.2) is 26.5 Å². The molecule has 2 rings (SSSR count). The van der Waals surface area contributed by atoms with Gasteiger partial charge >= 0.3 is 0 Å². The summed E-state index contributed by atoms with van der Waals surface area (Å²) in [5.74, 6) is 0. The van der Waals surface area contributed by atoms with E-state index in [9.17, 15) is 0 Å². The van der Waals surface area contributed by atoms with E-state index in [0.717, 1.165) is 5.69 Å². The highest BCUT2D eigenvalue weighted by Crippen LogP contribution is 1.91. The molecule has 0 aromatic carbocycles. The number of hydrazone groups is 1. The molecule has 0 aliphatic carbocycles. The first-order valence-corrected chi connectivity index (χ1v) is 6.00. The molecule has 96 valence electrons. The molecular weight excluding hydrogens is 260 g/mol. The first kappa shape index (κ1) is 13.0. The first-order chi connectivity index (χ1) is 9.34. The molecule has 0 amide bonds. The van der Waals surface area contributed by atoms with Crippen LogP contribution in [0.3, 0.4) is 0 Å². The SMILES string of the molecule is S=C(NCc1ccccn1)N/N=C/c1cccnn1. The van der Waals surface area contributed by atoms with Crippen LogP contribution in [0.25, 0.3) is 0 Å². The summed E-state index contributed by atoms with van der Waals surface area (Å²) < 4.78 is 0. The maximum Gasteiger partial charge on any atom is 0.187 e. The predicted molar refractivity (Wildman–Crippen MR) is 76.4 cm³/mol. The van der Waals surface area contributed by atoms with E-state index in [-0.39, 0.29) is 0 Å². The third-order valence-electron chi connectivity index (χ3n) is 2.11. The van der Waals surface area contributed by atoms with E-state index in [1.165, 1.54) is 0 Å². The number of nitrogens with one attached hydrogen (secondary N) is 2. The highest BCUT2D eigenvalue weighted by molar-refractivity contribution is 7.80. The maximum absolute atomic E-state index is 5.07. The van der Waals surface area contributed by atoms with Gasteiger partial charge < -0.3 is 5.32 Å². The van der Waals surface area contributed by atoms with Crippen LogP contribution in [0, 0.1) is 0 Å². The van der Waals surface area contributed by atoms with Gasteiger partial charge in [0, 0.05) is 12.4 Å². The summed E-state index contributed by atoms with van der Waals surface area (Å²) in [6.45, 7) is 0.549. The Bertz CT molecular complexity index is 543. The van der Waals surface area contributed by atoms with Crippen LogP contribution < -0.4 is 10.7 Å². The van der Waals surface area contributed by atoms with Crippen LogP contribution in [0.5, 0.6) is 0 Å². The second-order valence-electron chi connectivity index (χ2n) is 3.52. The number of rotatable bonds is 4. The lowest BCUT2D eigenvalue weighted by molar-refractivity contribution is 0.841. The highest BCUT2D eigenvalue weighted by atomic mass is 32.1. The number of aromatic nitrogens is 3. The van der Waals surface area contributed by atoms with Crippen LogP contribution >= 0.6 is 12.2 Å². The second-order valence-corrected chi connectivity index (χ2v) is 3.93. The largest absolute Gasteiger partial charge is 0.356 e. The summed E-state index contributed by atoms with van der Waals surface area (Å²) in [5, 5.41) is 15.0. The fourth-order valence-electron chi connectivity index (χ4n) is 1.25. The minimum Gasteiger partial charge on any atom is -0.356 e. The van der Waals surface area contributed by atoms with E-state index in [4.69, 9.17) is 12.2 Å². The molecular formula is C12H12N6S. The zero-order chi connectivity index (χ0) is 13.3. The van der Waals surface area contributed by atoms with E-state index in [1.54, 1.807) is 30.7 Å². The van der Waals surface area contributed by atoms with Crippen molar-refractivity contribution in [2.75, 3.05) is 0 Å². The molecule has 0 saturated carbocycles. The standard InChI is InChI=1S/C12H12N6S/c19-12(14-8-10-4-1-2-6-13-10)18-16-9-11-5-3-7-15-17-11/h1-7,9H,8H2,(H2,14,18,19)/b16-9+. The van der Waals surface area contributed by atoms with Crippen molar-refractivity contribution >= 4 is 23.5 Å². The maximum atomic E-state index is 5.07. The third kappa shape index (κ3) is 4.76. The Morgan fingerprint density at radius 2 is 2.21 bits per heavy atom. The molecule has 6 nitrogen and oxygen atoms in total. The summed E-state index contributed by atoms with van der Waals surface area (Å²) in [6, 6.07) is 9.28. The Balaban J connectivity index is 1.75. The Kier molecular flexibility index (Phi) is 4.88. The van der Waals surface area contributed by atoms with Gasteiger partial charge in [-0.1, -0.05) is 6.07 Å². The van der Waals surface area contributed by atoms with E-state index in [1.807, 2.05) is 18.2 Å². The number of hydrogen-bond acceptors (Lipinski definition) is 5. The van der Waals surface area contributed by atoms with Gasteiger partial charge in [-0.25, -0.2) is 0 Å². The predicted octanol–water partition coefficient (Wildman–Crippen LogP) is 0.870. The third-order valence-corrected chi connectivity index (χ3v) is 2.35. The van der Waals surface area contributed by atoms with Crippen molar-refractivity contribution in [3.63, 3.8) is 0 Å². The Morgan fingerprint density at radius 3 is 2.95 bits per heavy atom. The number of nitrogens with zero attached hydrogens (tertiary/aromatic N) is 4. The van der Waals surface area contributed by atoms with E-state index in [0.29, 0.717) is 17.4 Å². The lowest BCUT2D eigenvalue weighted by Crippen LogP contribution is -2.31. The van der Waals surface area contributed by atoms with Gasteiger partial charge in [-0.2, -0.15) is 10.2 Å². The van der Waals surface area contributed by atoms with Crippen molar-refractivity contribution in [1.82, 2.24) is 25.9 Å². The lowest BCUT2D eigenvalue weighted by Gasteiger charge is -2.05. The van der Waals surface area contributed by atoms with Crippen LogP contribution in [0.4, 0.5) is 0 Å². The minimum atomic E-state index is 0.422. The van der Waals surface area contributed by atoms with Gasteiger partial charge in [-0.15, -0.1) is 5.10 Å². The zero-order valence-corrected chi connectivity index (χ0v) is 10.8.